The number of hydrogen-bond donors (Lipinski definition) is 1. The van der Waals surface area contributed by atoms with E-state index in [2.05, 4.69) is 10.1 Å². The first-order valence-electron chi connectivity index (χ1n) is 4.08. The molecule has 2 aromatic heterocycles. The Bertz CT molecular complexity index is 520. The van der Waals surface area contributed by atoms with Crippen LogP contribution in [0, 0.1) is 11.3 Å². The maximum Gasteiger partial charge on any atom is 0.164 e. The van der Waals surface area contributed by atoms with Crippen LogP contribution < -0.4 is 5.73 Å². The topological polar surface area (TPSA) is 80.5 Å². The molecule has 15 heavy (non-hydrogen) atoms. The smallest absolute Gasteiger partial charge is 0.164 e. The summed E-state index contributed by atoms with van der Waals surface area (Å²) in [5.74, 6) is 0.744. The highest BCUT2D eigenvalue weighted by atomic mass is 35.5. The molecule has 2 aromatic rings. The Labute approximate surface area is 90.7 Å². The number of aromatic nitrogens is 3. The van der Waals surface area contributed by atoms with Crippen molar-refractivity contribution in [2.75, 3.05) is 5.73 Å². The molecule has 0 bridgehead atoms. The number of rotatable bonds is 1. The van der Waals surface area contributed by atoms with Crippen LogP contribution in [0.25, 0.3) is 5.82 Å². The Hall–Kier alpha value is -2.06. The highest BCUT2D eigenvalue weighted by molar-refractivity contribution is 6.32. The van der Waals surface area contributed by atoms with Gasteiger partial charge in [0.1, 0.15) is 5.02 Å². The van der Waals surface area contributed by atoms with E-state index < -0.39 is 0 Å². The van der Waals surface area contributed by atoms with Crippen LogP contribution in [0.2, 0.25) is 5.02 Å². The van der Waals surface area contributed by atoms with Gasteiger partial charge in [-0.05, 0) is 6.07 Å². The second-order valence-corrected chi connectivity index (χ2v) is 3.23. The van der Waals surface area contributed by atoms with Crippen LogP contribution in [-0.4, -0.2) is 14.8 Å². The molecule has 6 heteroatoms. The Kier molecular flexibility index (Phi) is 2.27. The molecule has 2 heterocycles. The molecule has 0 atom stereocenters. The number of nitrogen functional groups attached to an aromatic ring is 1. The summed E-state index contributed by atoms with van der Waals surface area (Å²) in [7, 11) is 0. The van der Waals surface area contributed by atoms with Crippen LogP contribution >= 0.6 is 11.6 Å². The molecule has 0 aliphatic carbocycles. The van der Waals surface area contributed by atoms with Gasteiger partial charge in [0.05, 0.1) is 17.8 Å². The summed E-state index contributed by atoms with van der Waals surface area (Å²) in [4.78, 5) is 4.05. The maximum atomic E-state index is 8.71. The van der Waals surface area contributed by atoms with Crippen molar-refractivity contribution in [3.05, 3.63) is 35.1 Å². The highest BCUT2D eigenvalue weighted by Crippen LogP contribution is 2.17. The average molecular weight is 220 g/mol. The van der Waals surface area contributed by atoms with Gasteiger partial charge in [-0.15, -0.1) is 5.10 Å². The van der Waals surface area contributed by atoms with E-state index >= 15 is 0 Å². The fourth-order valence-corrected chi connectivity index (χ4v) is 1.23. The minimum Gasteiger partial charge on any atom is -0.381 e. The van der Waals surface area contributed by atoms with Gasteiger partial charge in [-0.3, -0.25) is 0 Å². The van der Waals surface area contributed by atoms with Gasteiger partial charge < -0.3 is 5.73 Å². The zero-order chi connectivity index (χ0) is 10.8. The van der Waals surface area contributed by atoms with E-state index in [1.165, 1.54) is 10.9 Å². The lowest BCUT2D eigenvalue weighted by molar-refractivity contribution is 0.851. The molecular formula is C9H6ClN5. The summed E-state index contributed by atoms with van der Waals surface area (Å²) in [6, 6.07) is 5.22. The Morgan fingerprint density at radius 1 is 1.53 bits per heavy atom. The van der Waals surface area contributed by atoms with Crippen LogP contribution in [-0.2, 0) is 0 Å². The van der Waals surface area contributed by atoms with Gasteiger partial charge in [0.15, 0.2) is 11.6 Å². The lowest BCUT2D eigenvalue weighted by Crippen LogP contribution is -1.99. The van der Waals surface area contributed by atoms with E-state index in [0.29, 0.717) is 16.4 Å². The largest absolute Gasteiger partial charge is 0.381 e. The Morgan fingerprint density at radius 3 is 2.93 bits per heavy atom. The monoisotopic (exact) mass is 219 g/mol. The first-order valence-corrected chi connectivity index (χ1v) is 4.45. The van der Waals surface area contributed by atoms with E-state index in [1.807, 2.05) is 6.07 Å². The Morgan fingerprint density at radius 2 is 2.33 bits per heavy atom. The normalized spacial score (nSPS) is 9.87. The molecule has 74 valence electrons. The lowest BCUT2D eigenvalue weighted by Gasteiger charge is -1.98. The second-order valence-electron chi connectivity index (χ2n) is 2.82. The quantitative estimate of drug-likeness (QED) is 0.786. The van der Waals surface area contributed by atoms with Crippen molar-refractivity contribution >= 4 is 17.4 Å². The first-order chi connectivity index (χ1) is 7.20. The van der Waals surface area contributed by atoms with Crippen LogP contribution in [0.5, 0.6) is 0 Å². The summed E-state index contributed by atoms with van der Waals surface area (Å²) in [5.41, 5.74) is 6.00. The molecule has 0 fully saturated rings. The van der Waals surface area contributed by atoms with Crippen molar-refractivity contribution in [1.82, 2.24) is 14.8 Å². The highest BCUT2D eigenvalue weighted by Gasteiger charge is 2.05. The number of anilines is 1. The molecule has 2 rings (SSSR count). The molecular weight excluding hydrogens is 214 g/mol. The molecule has 0 aromatic carbocycles. The maximum absolute atomic E-state index is 8.71. The Balaban J connectivity index is 2.50. The summed E-state index contributed by atoms with van der Waals surface area (Å²) in [5, 5.41) is 13.0. The van der Waals surface area contributed by atoms with Gasteiger partial charge in [-0.25, -0.2) is 9.67 Å². The van der Waals surface area contributed by atoms with Gasteiger partial charge in [-0.2, -0.15) is 5.26 Å². The molecule has 0 saturated heterocycles. The van der Waals surface area contributed by atoms with Crippen LogP contribution in [0.15, 0.2) is 24.5 Å². The van der Waals surface area contributed by atoms with Crippen LogP contribution in [0.1, 0.15) is 5.56 Å². The molecule has 0 saturated carbocycles. The summed E-state index contributed by atoms with van der Waals surface area (Å²) >= 11 is 5.75. The molecule has 0 unspecified atom stereocenters. The number of nitriles is 1. The summed E-state index contributed by atoms with van der Waals surface area (Å²) in [6.07, 6.45) is 3.07. The van der Waals surface area contributed by atoms with Crippen LogP contribution in [0.3, 0.4) is 0 Å². The second kappa shape index (κ2) is 3.59. The number of hydrogen-bond acceptors (Lipinski definition) is 4. The van der Waals surface area contributed by atoms with E-state index in [-0.39, 0.29) is 5.82 Å². The van der Waals surface area contributed by atoms with Crippen molar-refractivity contribution in [3.8, 4) is 11.9 Å². The minimum atomic E-state index is 0.237. The van der Waals surface area contributed by atoms with Gasteiger partial charge in [0.2, 0.25) is 0 Å². The van der Waals surface area contributed by atoms with E-state index in [0.717, 1.165) is 0 Å². The fourth-order valence-electron chi connectivity index (χ4n) is 1.10. The standard InChI is InChI=1S/C9H6ClN5/c10-7-5-15(14-9(7)12)8-3-6(4-11)1-2-13-8/h1-3,5H,(H2,12,14). The fraction of sp³-hybridized carbons (Fsp3) is 0. The van der Waals surface area contributed by atoms with Gasteiger partial charge in [0, 0.05) is 12.3 Å². The van der Waals surface area contributed by atoms with Crippen molar-refractivity contribution in [1.29, 1.82) is 5.26 Å². The van der Waals surface area contributed by atoms with E-state index in [1.54, 1.807) is 18.3 Å². The van der Waals surface area contributed by atoms with E-state index in [9.17, 15) is 0 Å². The van der Waals surface area contributed by atoms with E-state index in [4.69, 9.17) is 22.6 Å². The molecule has 0 spiro atoms. The molecule has 2 N–H and O–H groups in total. The SMILES string of the molecule is N#Cc1ccnc(-n2cc(Cl)c(N)n2)c1. The molecule has 0 radical (unpaired) electrons. The zero-order valence-electron chi connectivity index (χ0n) is 7.55. The predicted molar refractivity (Wildman–Crippen MR) is 55.5 cm³/mol. The van der Waals surface area contributed by atoms with Crippen molar-refractivity contribution in [3.63, 3.8) is 0 Å². The molecule has 0 amide bonds. The van der Waals surface area contributed by atoms with Crippen LogP contribution in [0.4, 0.5) is 5.82 Å². The molecule has 0 aliphatic heterocycles. The lowest BCUT2D eigenvalue weighted by atomic mass is 10.3. The number of nitrogens with zero attached hydrogens (tertiary/aromatic N) is 4. The number of nitrogens with two attached hydrogens (primary N) is 1. The first kappa shape index (κ1) is 9.49. The van der Waals surface area contributed by atoms with Gasteiger partial charge in [0.25, 0.3) is 0 Å². The molecule has 0 aliphatic rings. The third kappa shape index (κ3) is 1.75. The predicted octanol–water partition coefficient (Wildman–Crippen LogP) is 1.37. The third-order valence-electron chi connectivity index (χ3n) is 1.81. The minimum absolute atomic E-state index is 0.237. The molecule has 5 nitrogen and oxygen atoms in total. The van der Waals surface area contributed by atoms with Gasteiger partial charge >= 0.3 is 0 Å². The number of halogens is 1. The van der Waals surface area contributed by atoms with Crippen molar-refractivity contribution < 1.29 is 0 Å². The third-order valence-corrected chi connectivity index (χ3v) is 2.10. The zero-order valence-corrected chi connectivity index (χ0v) is 8.31. The van der Waals surface area contributed by atoms with Crippen molar-refractivity contribution in [2.24, 2.45) is 0 Å². The average Bonchev–Trinajstić information content (AvgIpc) is 2.59. The summed E-state index contributed by atoms with van der Waals surface area (Å²) < 4.78 is 1.43. The summed E-state index contributed by atoms with van der Waals surface area (Å²) in [6.45, 7) is 0. The number of pyridine rings is 1. The van der Waals surface area contributed by atoms with Crippen molar-refractivity contribution in [2.45, 2.75) is 0 Å². The van der Waals surface area contributed by atoms with Gasteiger partial charge in [-0.1, -0.05) is 11.6 Å².